The Kier molecular flexibility index (Phi) is 5.65. The van der Waals surface area contributed by atoms with Crippen molar-refractivity contribution < 1.29 is 20.2 Å². The molecule has 1 unspecified atom stereocenters. The Morgan fingerprint density at radius 1 is 0.971 bits per heavy atom. The van der Waals surface area contributed by atoms with E-state index in [1.165, 1.54) is 5.57 Å². The van der Waals surface area contributed by atoms with E-state index in [-0.39, 0.29) is 28.8 Å². The highest BCUT2D eigenvalue weighted by molar-refractivity contribution is 5.91. The monoisotopic (exact) mass is 485 g/mol. The molecule has 0 bridgehead atoms. The van der Waals surface area contributed by atoms with Crippen molar-refractivity contribution in [3.05, 3.63) is 12.2 Å². The second-order valence-electron chi connectivity index (χ2n) is 14.3. The number of fused-ring (bicyclic) bond motifs is 7. The second kappa shape index (κ2) is 7.82. The maximum absolute atomic E-state index is 12.8. The number of rotatable bonds is 3. The standard InChI is InChI=1S/C30H47NO4/c1-18(2)19-9-14-30(25(33)34)16-15-28(5)20(24(19)30)7-8-22-26(3)12-11-23(31-35)27(4,17-32)21(26)10-13-29(22,28)6/h19-22,24,32,35H,1,7-17H2,2-6H3,(H,33,34)/b31-23-/t19-,20+,21+,22+,24+,26-,27?,28+,29+,30-/m0/s1. The number of aliphatic hydroxyl groups excluding tert-OH is 1. The molecule has 5 heteroatoms. The lowest BCUT2D eigenvalue weighted by molar-refractivity contribution is -0.232. The molecule has 0 amide bonds. The molecule has 5 saturated carbocycles. The molecule has 5 fully saturated rings. The normalized spacial score (nSPS) is 54.3. The fourth-order valence-corrected chi connectivity index (χ4v) is 11.5. The number of oxime groups is 1. The van der Waals surface area contributed by atoms with Gasteiger partial charge < -0.3 is 15.4 Å². The van der Waals surface area contributed by atoms with Gasteiger partial charge >= 0.3 is 5.97 Å². The molecular weight excluding hydrogens is 438 g/mol. The number of allylic oxidation sites excluding steroid dienone is 1. The van der Waals surface area contributed by atoms with E-state index in [2.05, 4.69) is 46.4 Å². The van der Waals surface area contributed by atoms with Crippen LogP contribution in [0.3, 0.4) is 0 Å². The Balaban J connectivity index is 1.57. The van der Waals surface area contributed by atoms with Crippen molar-refractivity contribution >= 4 is 11.7 Å². The van der Waals surface area contributed by atoms with Gasteiger partial charge in [0.05, 0.1) is 17.7 Å². The lowest BCUT2D eigenvalue weighted by Gasteiger charge is -2.72. The summed E-state index contributed by atoms with van der Waals surface area (Å²) in [4.78, 5) is 12.8. The fourth-order valence-electron chi connectivity index (χ4n) is 11.5. The van der Waals surface area contributed by atoms with Gasteiger partial charge in [0.1, 0.15) is 0 Å². The maximum atomic E-state index is 12.8. The van der Waals surface area contributed by atoms with Crippen molar-refractivity contribution in [2.75, 3.05) is 6.61 Å². The molecule has 5 aliphatic carbocycles. The topological polar surface area (TPSA) is 90.1 Å². The van der Waals surface area contributed by atoms with Gasteiger partial charge in [-0.1, -0.05) is 45.0 Å². The zero-order chi connectivity index (χ0) is 25.6. The fraction of sp³-hybridized carbons (Fsp3) is 0.867. The molecule has 0 saturated heterocycles. The zero-order valence-electron chi connectivity index (χ0n) is 22.6. The van der Waals surface area contributed by atoms with E-state index in [1.54, 1.807) is 0 Å². The zero-order valence-corrected chi connectivity index (χ0v) is 22.6. The van der Waals surface area contributed by atoms with Gasteiger partial charge in [0, 0.05) is 5.41 Å². The highest BCUT2D eigenvalue weighted by Gasteiger charge is 2.72. The molecule has 0 aliphatic heterocycles. The predicted molar refractivity (Wildman–Crippen MR) is 137 cm³/mol. The van der Waals surface area contributed by atoms with Crippen molar-refractivity contribution in [1.82, 2.24) is 0 Å². The lowest BCUT2D eigenvalue weighted by Crippen LogP contribution is -2.67. The van der Waals surface area contributed by atoms with E-state index < -0.39 is 16.8 Å². The van der Waals surface area contributed by atoms with Crippen molar-refractivity contribution in [3.63, 3.8) is 0 Å². The van der Waals surface area contributed by atoms with E-state index in [4.69, 9.17) is 0 Å². The van der Waals surface area contributed by atoms with Crippen LogP contribution in [-0.2, 0) is 4.79 Å². The van der Waals surface area contributed by atoms with Gasteiger partial charge in [0.15, 0.2) is 0 Å². The Bertz CT molecular complexity index is 960. The summed E-state index contributed by atoms with van der Waals surface area (Å²) in [7, 11) is 0. The molecule has 0 heterocycles. The number of nitrogens with zero attached hydrogens (tertiary/aromatic N) is 1. The number of aliphatic hydroxyl groups is 1. The minimum atomic E-state index is -0.578. The Morgan fingerprint density at radius 2 is 1.69 bits per heavy atom. The summed E-state index contributed by atoms with van der Waals surface area (Å²) in [5.74, 6) is 1.19. The van der Waals surface area contributed by atoms with Crippen LogP contribution in [0.1, 0.15) is 98.8 Å². The van der Waals surface area contributed by atoms with Crippen molar-refractivity contribution in [1.29, 1.82) is 0 Å². The molecule has 10 atom stereocenters. The van der Waals surface area contributed by atoms with E-state index in [1.807, 2.05) is 0 Å². The summed E-state index contributed by atoms with van der Waals surface area (Å²) in [6.07, 6.45) is 9.67. The molecule has 5 nitrogen and oxygen atoms in total. The number of carbonyl (C=O) groups is 1. The minimum absolute atomic E-state index is 0.0273. The molecule has 0 radical (unpaired) electrons. The van der Waals surface area contributed by atoms with Crippen molar-refractivity contribution in [3.8, 4) is 0 Å². The highest BCUT2D eigenvalue weighted by Crippen LogP contribution is 2.77. The first-order chi connectivity index (χ1) is 16.4. The van der Waals surface area contributed by atoms with Crippen molar-refractivity contribution in [2.24, 2.45) is 61.8 Å². The number of hydrogen-bond donors (Lipinski definition) is 3. The highest BCUT2D eigenvalue weighted by atomic mass is 16.4. The number of carboxylic acids is 1. The number of aliphatic carboxylic acids is 1. The predicted octanol–water partition coefficient (Wildman–Crippen LogP) is 6.53. The third-order valence-corrected chi connectivity index (χ3v) is 13.5. The van der Waals surface area contributed by atoms with Gasteiger partial charge in [-0.2, -0.15) is 0 Å². The van der Waals surface area contributed by atoms with Crippen LogP contribution in [0.15, 0.2) is 17.3 Å². The summed E-state index contributed by atoms with van der Waals surface area (Å²) in [6.45, 7) is 16.1. The van der Waals surface area contributed by atoms with E-state index in [0.717, 1.165) is 69.9 Å². The molecule has 5 rings (SSSR count). The first kappa shape index (κ1) is 25.3. The van der Waals surface area contributed by atoms with Crippen molar-refractivity contribution in [2.45, 2.75) is 98.8 Å². The van der Waals surface area contributed by atoms with Crippen LogP contribution in [-0.4, -0.2) is 33.7 Å². The van der Waals surface area contributed by atoms with Gasteiger partial charge in [-0.05, 0) is 117 Å². The van der Waals surface area contributed by atoms with Gasteiger partial charge in [-0.25, -0.2) is 0 Å². The van der Waals surface area contributed by atoms with Crippen LogP contribution in [0.2, 0.25) is 0 Å². The smallest absolute Gasteiger partial charge is 0.309 e. The summed E-state index contributed by atoms with van der Waals surface area (Å²) < 4.78 is 0. The van der Waals surface area contributed by atoms with E-state index >= 15 is 0 Å². The average molecular weight is 486 g/mol. The average Bonchev–Trinajstić information content (AvgIpc) is 3.21. The SMILES string of the molecule is C=C(C)[C@@H]1CC[C@]2(C(=O)O)CC[C@]3(C)[C@H](CC[C@@H]4[C@@]5(C)CC/C(=N/O)C(C)(CO)[C@@H]5CC[C@]43C)[C@@H]12. The Labute approximate surface area is 211 Å². The molecule has 0 aromatic carbocycles. The Hall–Kier alpha value is -1.36. The van der Waals surface area contributed by atoms with Gasteiger partial charge in [-0.3, -0.25) is 4.79 Å². The van der Waals surface area contributed by atoms with Gasteiger partial charge in [-0.15, -0.1) is 0 Å². The molecule has 5 aliphatic rings. The summed E-state index contributed by atoms with van der Waals surface area (Å²) >= 11 is 0. The van der Waals surface area contributed by atoms with E-state index in [0.29, 0.717) is 23.7 Å². The molecule has 0 aromatic heterocycles. The summed E-state index contributed by atoms with van der Waals surface area (Å²) in [5.41, 5.74) is 1.22. The molecular formula is C30H47NO4. The lowest BCUT2D eigenvalue weighted by atomic mass is 9.32. The largest absolute Gasteiger partial charge is 0.481 e. The third-order valence-electron chi connectivity index (χ3n) is 13.5. The minimum Gasteiger partial charge on any atom is -0.481 e. The summed E-state index contributed by atoms with van der Waals surface area (Å²) in [6, 6.07) is 0. The quantitative estimate of drug-likeness (QED) is 0.241. The molecule has 3 N–H and O–H groups in total. The first-order valence-electron chi connectivity index (χ1n) is 14.1. The van der Waals surface area contributed by atoms with Crippen LogP contribution in [0, 0.1) is 56.7 Å². The van der Waals surface area contributed by atoms with E-state index in [9.17, 15) is 20.2 Å². The van der Waals surface area contributed by atoms with Gasteiger partial charge in [0.2, 0.25) is 0 Å². The van der Waals surface area contributed by atoms with Crippen LogP contribution < -0.4 is 0 Å². The molecule has 0 spiro atoms. The van der Waals surface area contributed by atoms with Crippen LogP contribution in [0.25, 0.3) is 0 Å². The molecule has 196 valence electrons. The second-order valence-corrected chi connectivity index (χ2v) is 14.3. The summed E-state index contributed by atoms with van der Waals surface area (Å²) in [5, 5.41) is 34.5. The van der Waals surface area contributed by atoms with Crippen LogP contribution in [0.4, 0.5) is 0 Å². The van der Waals surface area contributed by atoms with Crippen LogP contribution >= 0.6 is 0 Å². The van der Waals surface area contributed by atoms with Crippen LogP contribution in [0.5, 0.6) is 0 Å². The maximum Gasteiger partial charge on any atom is 0.309 e. The van der Waals surface area contributed by atoms with Gasteiger partial charge in [0.25, 0.3) is 0 Å². The first-order valence-corrected chi connectivity index (χ1v) is 14.1. The number of hydrogen-bond acceptors (Lipinski definition) is 4. The number of carboxylic acid groups (broad SMARTS) is 1. The molecule has 0 aromatic rings. The molecule has 35 heavy (non-hydrogen) atoms. The third kappa shape index (κ3) is 2.91. The Morgan fingerprint density at radius 3 is 2.29 bits per heavy atom.